The second kappa shape index (κ2) is 8.54. The number of likely N-dealkylation sites (tertiary alicyclic amines) is 1. The molecule has 1 spiro atoms. The van der Waals surface area contributed by atoms with Crippen LogP contribution in [0, 0.1) is 22.7 Å². The summed E-state index contributed by atoms with van der Waals surface area (Å²) in [7, 11) is -4.16. The Labute approximate surface area is 238 Å². The maximum atomic E-state index is 13.4. The van der Waals surface area contributed by atoms with Crippen LogP contribution in [0.1, 0.15) is 42.8 Å². The van der Waals surface area contributed by atoms with E-state index in [9.17, 15) is 40.4 Å². The van der Waals surface area contributed by atoms with Gasteiger partial charge in [-0.3, -0.25) is 9.20 Å². The molecule has 3 fully saturated rings. The van der Waals surface area contributed by atoms with Crippen LogP contribution in [0.3, 0.4) is 0 Å². The van der Waals surface area contributed by atoms with E-state index in [2.05, 4.69) is 19.9 Å². The number of nitrogens with zero attached hydrogens (tertiary/aromatic N) is 6. The van der Waals surface area contributed by atoms with Crippen LogP contribution in [-0.2, 0) is 21.0 Å². The molecule has 10 nitrogen and oxygen atoms in total. The summed E-state index contributed by atoms with van der Waals surface area (Å²) < 4.78 is 96.6. The Bertz CT molecular complexity index is 1850. The van der Waals surface area contributed by atoms with Gasteiger partial charge in [0.1, 0.15) is 11.5 Å². The number of imidazole rings is 1. The summed E-state index contributed by atoms with van der Waals surface area (Å²) in [5.74, 6) is -4.83. The summed E-state index contributed by atoms with van der Waals surface area (Å²) in [5, 5.41) is 14.9. The maximum Gasteiger partial charge on any atom is 0.445 e. The smallest absolute Gasteiger partial charge is 0.340 e. The van der Waals surface area contributed by atoms with Crippen LogP contribution in [0.2, 0.25) is 0 Å². The average molecular weight is 626 g/mol. The second-order valence-corrected chi connectivity index (χ2v) is 14.0. The summed E-state index contributed by atoms with van der Waals surface area (Å²) in [6.45, 7) is 0.557. The number of hydrogen-bond acceptors (Lipinski definition) is 8. The Morgan fingerprint density at radius 1 is 1.17 bits per heavy atom. The molecule has 1 amide bonds. The summed E-state index contributed by atoms with van der Waals surface area (Å²) in [6.07, 6.45) is -0.196. The van der Waals surface area contributed by atoms with Crippen molar-refractivity contribution in [2.45, 2.75) is 54.6 Å². The first-order valence-electron chi connectivity index (χ1n) is 12.9. The molecule has 220 valence electrons. The third kappa shape index (κ3) is 4.38. The molecule has 3 aromatic rings. The number of rotatable bonds is 6. The van der Waals surface area contributed by atoms with Crippen molar-refractivity contribution >= 4 is 38.4 Å². The molecule has 1 aliphatic heterocycles. The molecule has 1 saturated heterocycles. The minimum Gasteiger partial charge on any atom is -0.340 e. The molecule has 1 N–H and O–H groups in total. The second-order valence-electron chi connectivity index (χ2n) is 11.4. The number of allylic oxidation sites excluding steroid dienone is 1. The molecule has 0 bridgehead atoms. The molecule has 17 heteroatoms. The number of pyridine rings is 1. The molecule has 1 atom stereocenters. The zero-order chi connectivity index (χ0) is 29.9. The van der Waals surface area contributed by atoms with E-state index in [1.807, 2.05) is 12.1 Å². The summed E-state index contributed by atoms with van der Waals surface area (Å²) >= 11 is 0.264. The fourth-order valence-electron chi connectivity index (χ4n) is 5.62. The maximum absolute atomic E-state index is 13.4. The molecule has 0 aromatic carbocycles. The van der Waals surface area contributed by atoms with E-state index in [1.165, 1.54) is 27.6 Å². The first-order valence-corrected chi connectivity index (χ1v) is 15.2. The van der Waals surface area contributed by atoms with Crippen molar-refractivity contribution in [1.82, 2.24) is 29.2 Å². The van der Waals surface area contributed by atoms with Gasteiger partial charge >= 0.3 is 6.18 Å². The van der Waals surface area contributed by atoms with Gasteiger partial charge in [-0.1, -0.05) is 17.4 Å². The van der Waals surface area contributed by atoms with E-state index in [1.54, 1.807) is 0 Å². The molecule has 4 heterocycles. The number of nitrogens with one attached hydrogen (secondary N) is 1. The molecule has 3 aromatic heterocycles. The summed E-state index contributed by atoms with van der Waals surface area (Å²) in [5.41, 5.74) is -0.0773. The lowest BCUT2D eigenvalue weighted by molar-refractivity contribution is -0.144. The number of carbonyl (C=O) groups excluding carboxylic acids is 1. The van der Waals surface area contributed by atoms with Gasteiger partial charge in [0.25, 0.3) is 5.92 Å². The number of amides is 1. The van der Waals surface area contributed by atoms with E-state index in [4.69, 9.17) is 0 Å². The quantitative estimate of drug-likeness (QED) is 0.412. The summed E-state index contributed by atoms with van der Waals surface area (Å²) in [4.78, 5) is 18.2. The summed E-state index contributed by atoms with van der Waals surface area (Å²) in [6, 6.07) is 4.76. The molecular formula is C25H20F5N7O3S2. The highest BCUT2D eigenvalue weighted by molar-refractivity contribution is 7.89. The third-order valence-corrected chi connectivity index (χ3v) is 10.7. The Balaban J connectivity index is 1.25. The number of fused-ring (bicyclic) bond motifs is 1. The van der Waals surface area contributed by atoms with E-state index < -0.39 is 56.3 Å². The van der Waals surface area contributed by atoms with Crippen LogP contribution in [-0.4, -0.2) is 63.4 Å². The predicted octanol–water partition coefficient (Wildman–Crippen LogP) is 3.87. The van der Waals surface area contributed by atoms with Crippen molar-refractivity contribution in [2.75, 3.05) is 13.1 Å². The zero-order valence-electron chi connectivity index (χ0n) is 21.5. The molecule has 4 aliphatic rings. The van der Waals surface area contributed by atoms with Crippen molar-refractivity contribution in [1.29, 1.82) is 5.26 Å². The third-order valence-electron chi connectivity index (χ3n) is 8.20. The molecular weight excluding hydrogens is 605 g/mol. The lowest BCUT2D eigenvalue weighted by Gasteiger charge is -2.47. The van der Waals surface area contributed by atoms with Gasteiger partial charge < -0.3 is 4.90 Å². The van der Waals surface area contributed by atoms with E-state index in [-0.39, 0.29) is 40.2 Å². The lowest BCUT2D eigenvalue weighted by atomic mass is 9.79. The van der Waals surface area contributed by atoms with Gasteiger partial charge in [0.2, 0.25) is 20.9 Å². The Hall–Kier alpha value is -3.49. The van der Waals surface area contributed by atoms with Crippen LogP contribution in [0.25, 0.3) is 21.9 Å². The highest BCUT2D eigenvalue weighted by Crippen LogP contribution is 2.53. The van der Waals surface area contributed by atoms with Crippen LogP contribution in [0.4, 0.5) is 22.0 Å². The minimum absolute atomic E-state index is 0.0466. The number of sulfonamides is 1. The number of hydrogen-bond donors (Lipinski definition) is 1. The zero-order valence-corrected chi connectivity index (χ0v) is 23.1. The van der Waals surface area contributed by atoms with Crippen molar-refractivity contribution in [3.63, 3.8) is 0 Å². The monoisotopic (exact) mass is 625 g/mol. The number of aromatic nitrogens is 4. The van der Waals surface area contributed by atoms with Crippen LogP contribution >= 0.6 is 11.3 Å². The van der Waals surface area contributed by atoms with E-state index >= 15 is 0 Å². The number of halogens is 5. The van der Waals surface area contributed by atoms with Gasteiger partial charge in [-0.15, -0.1) is 10.2 Å². The molecule has 1 unspecified atom stereocenters. The van der Waals surface area contributed by atoms with Gasteiger partial charge in [-0.2, -0.15) is 23.2 Å². The van der Waals surface area contributed by atoms with Gasteiger partial charge in [-0.25, -0.2) is 22.2 Å². The van der Waals surface area contributed by atoms with Crippen LogP contribution in [0.15, 0.2) is 29.3 Å². The number of alkyl halides is 5. The average Bonchev–Trinajstić information content (AvgIpc) is 3.51. The number of carbonyl (C=O) groups is 1. The first kappa shape index (κ1) is 27.3. The molecule has 2 saturated carbocycles. The molecule has 7 rings (SSSR count). The van der Waals surface area contributed by atoms with E-state index in [0.29, 0.717) is 36.9 Å². The van der Waals surface area contributed by atoms with Crippen molar-refractivity contribution < 1.29 is 35.2 Å². The van der Waals surface area contributed by atoms with Gasteiger partial charge in [-0.05, 0) is 43.4 Å². The fraction of sp³-hybridized carbons (Fsp3) is 0.480. The van der Waals surface area contributed by atoms with Crippen LogP contribution < -0.4 is 4.72 Å². The molecule has 3 aliphatic carbocycles. The highest BCUT2D eigenvalue weighted by Gasteiger charge is 2.64. The predicted molar refractivity (Wildman–Crippen MR) is 136 cm³/mol. The Morgan fingerprint density at radius 3 is 2.48 bits per heavy atom. The minimum atomic E-state index is -4.74. The molecule has 42 heavy (non-hydrogen) atoms. The van der Waals surface area contributed by atoms with Crippen molar-refractivity contribution in [3.8, 4) is 16.9 Å². The van der Waals surface area contributed by atoms with Crippen molar-refractivity contribution in [2.24, 2.45) is 11.3 Å². The van der Waals surface area contributed by atoms with Crippen molar-refractivity contribution in [3.05, 3.63) is 35.1 Å². The van der Waals surface area contributed by atoms with Gasteiger partial charge in [0.05, 0.1) is 22.2 Å². The lowest BCUT2D eigenvalue weighted by Crippen LogP contribution is -2.57. The first-order chi connectivity index (χ1) is 19.6. The normalized spacial score (nSPS) is 23.5. The SMILES string of the molecule is N#CC1(NS(=O)(=O)c2ccc3c(C4=CC5(CC4)CN(C(=O)C4CC4(F)F)C5)nc(-c4nnc(C(F)(F)F)s4)n3c2)CC1. The number of nitriles is 1. The van der Waals surface area contributed by atoms with Gasteiger partial charge in [0, 0.05) is 31.1 Å². The van der Waals surface area contributed by atoms with Crippen LogP contribution in [0.5, 0.6) is 0 Å². The Kier molecular flexibility index (Phi) is 5.56. The Morgan fingerprint density at radius 2 is 1.88 bits per heavy atom. The fourth-order valence-corrected chi connectivity index (χ4v) is 7.69. The van der Waals surface area contributed by atoms with E-state index in [0.717, 1.165) is 5.57 Å². The largest absolute Gasteiger partial charge is 0.445 e. The highest BCUT2D eigenvalue weighted by atomic mass is 32.2. The van der Waals surface area contributed by atoms with Gasteiger partial charge in [0.15, 0.2) is 10.8 Å². The topological polar surface area (TPSA) is 133 Å². The standard InChI is InChI=1S/C25H20F5N7O3S2/c26-24(27)8-15(24)20(38)36-11-22(12-36)4-3-13(7-22)17-16-2-1-14(42(39,40)35-23(10-31)5-6-23)9-37(16)18(32-17)19-33-34-21(41-19)25(28,29)30/h1-2,7,9,15,35H,3-6,8,11-12H2. The molecule has 0 radical (unpaired) electrons.